The molecule has 0 aromatic heterocycles. The summed E-state index contributed by atoms with van der Waals surface area (Å²) in [6.07, 6.45) is -1.65. The average molecular weight is 369 g/mol. The van der Waals surface area contributed by atoms with Gasteiger partial charge in [0, 0.05) is 25.4 Å². The van der Waals surface area contributed by atoms with Crippen molar-refractivity contribution in [3.8, 4) is 0 Å². The van der Waals surface area contributed by atoms with Gasteiger partial charge in [-0.05, 0) is 49.1 Å². The van der Waals surface area contributed by atoms with Crippen molar-refractivity contribution in [3.05, 3.63) is 35.4 Å². The molecule has 3 atom stereocenters. The Morgan fingerprint density at radius 1 is 1.23 bits per heavy atom. The second kappa shape index (κ2) is 7.29. The molecule has 142 valence electrons. The second-order valence-electron chi connectivity index (χ2n) is 7.26. The summed E-state index contributed by atoms with van der Waals surface area (Å²) in [6.45, 7) is 1.11. The van der Waals surface area contributed by atoms with E-state index < -0.39 is 23.6 Å². The van der Waals surface area contributed by atoms with E-state index in [1.165, 1.54) is 12.1 Å². The van der Waals surface area contributed by atoms with Crippen LogP contribution >= 0.6 is 0 Å². The zero-order chi connectivity index (χ0) is 18.9. The smallest absolute Gasteiger partial charge is 0.416 e. The third-order valence-corrected chi connectivity index (χ3v) is 5.37. The normalized spacial score (nSPS) is 25.8. The molecule has 0 spiro atoms. The number of nitrogens with zero attached hydrogens (tertiary/aromatic N) is 1. The Balaban J connectivity index is 1.63. The van der Waals surface area contributed by atoms with E-state index in [4.69, 9.17) is 5.11 Å². The van der Waals surface area contributed by atoms with Gasteiger partial charge in [0.15, 0.2) is 0 Å². The number of carbonyl (C=O) groups is 2. The van der Waals surface area contributed by atoms with Crippen LogP contribution in [0.1, 0.15) is 49.1 Å². The van der Waals surface area contributed by atoms with Crippen LogP contribution in [0, 0.1) is 11.8 Å². The van der Waals surface area contributed by atoms with Gasteiger partial charge in [0.05, 0.1) is 5.56 Å². The largest absolute Gasteiger partial charge is 0.481 e. The molecule has 26 heavy (non-hydrogen) atoms. The van der Waals surface area contributed by atoms with E-state index in [9.17, 15) is 22.8 Å². The SMILES string of the molecule is O=C(O)CCC1CCCN(C(=O)C2CC2c2ccccc2C(F)(F)F)C1. The molecule has 1 saturated carbocycles. The van der Waals surface area contributed by atoms with Crippen LogP contribution in [-0.4, -0.2) is 35.0 Å². The van der Waals surface area contributed by atoms with Gasteiger partial charge >= 0.3 is 12.1 Å². The fraction of sp³-hybridized carbons (Fsp3) is 0.579. The van der Waals surface area contributed by atoms with Crippen LogP contribution in [0.25, 0.3) is 0 Å². The lowest BCUT2D eigenvalue weighted by Crippen LogP contribution is -2.41. The third-order valence-electron chi connectivity index (χ3n) is 5.37. The molecule has 2 aliphatic rings. The lowest BCUT2D eigenvalue weighted by atomic mass is 9.93. The van der Waals surface area contributed by atoms with Gasteiger partial charge in [0.2, 0.25) is 5.91 Å². The Morgan fingerprint density at radius 2 is 1.96 bits per heavy atom. The van der Waals surface area contributed by atoms with Crippen LogP contribution in [0.4, 0.5) is 13.2 Å². The summed E-state index contributed by atoms with van der Waals surface area (Å²) < 4.78 is 39.5. The molecule has 1 aromatic carbocycles. The maximum atomic E-state index is 13.2. The minimum Gasteiger partial charge on any atom is -0.481 e. The highest BCUT2D eigenvalue weighted by molar-refractivity contribution is 5.83. The zero-order valence-corrected chi connectivity index (χ0v) is 14.3. The van der Waals surface area contributed by atoms with E-state index >= 15 is 0 Å². The number of hydrogen-bond acceptors (Lipinski definition) is 2. The summed E-state index contributed by atoms with van der Waals surface area (Å²) in [5, 5.41) is 8.80. The van der Waals surface area contributed by atoms with Crippen LogP contribution in [0.2, 0.25) is 0 Å². The van der Waals surface area contributed by atoms with E-state index in [1.807, 2.05) is 0 Å². The Bertz CT molecular complexity index is 689. The molecule has 2 fully saturated rings. The molecular weight excluding hydrogens is 347 g/mol. The van der Waals surface area contributed by atoms with E-state index in [0.717, 1.165) is 18.9 Å². The predicted octanol–water partition coefficient (Wildman–Crippen LogP) is 3.91. The van der Waals surface area contributed by atoms with E-state index in [2.05, 4.69) is 0 Å². The molecule has 1 aromatic rings. The molecule has 1 aliphatic heterocycles. The van der Waals surface area contributed by atoms with Crippen molar-refractivity contribution in [1.82, 2.24) is 4.90 Å². The topological polar surface area (TPSA) is 57.6 Å². The minimum absolute atomic E-state index is 0.0811. The number of hydrogen-bond donors (Lipinski definition) is 1. The Hall–Kier alpha value is -2.05. The summed E-state index contributed by atoms with van der Waals surface area (Å²) >= 11 is 0. The number of alkyl halides is 3. The van der Waals surface area contributed by atoms with Crippen molar-refractivity contribution in [2.24, 2.45) is 11.8 Å². The number of benzene rings is 1. The first kappa shape index (κ1) is 18.7. The Labute approximate surface area is 150 Å². The number of carbonyl (C=O) groups excluding carboxylic acids is 1. The number of amides is 1. The molecule has 0 bridgehead atoms. The number of carboxylic acid groups (broad SMARTS) is 1. The number of carboxylic acids is 1. The lowest BCUT2D eigenvalue weighted by Gasteiger charge is -2.33. The van der Waals surface area contributed by atoms with Crippen LogP contribution in [0.15, 0.2) is 24.3 Å². The number of rotatable bonds is 5. The van der Waals surface area contributed by atoms with E-state index in [-0.39, 0.29) is 29.7 Å². The maximum absolute atomic E-state index is 13.2. The van der Waals surface area contributed by atoms with Crippen LogP contribution < -0.4 is 0 Å². The third kappa shape index (κ3) is 4.19. The number of halogens is 3. The lowest BCUT2D eigenvalue weighted by molar-refractivity contribution is -0.139. The average Bonchev–Trinajstić information content (AvgIpc) is 3.39. The van der Waals surface area contributed by atoms with Gasteiger partial charge in [-0.3, -0.25) is 9.59 Å². The standard InChI is InChI=1S/C19H22F3NO3/c20-19(21,22)16-6-2-1-5-13(16)14-10-15(14)18(26)23-9-3-4-12(11-23)7-8-17(24)25/h1-2,5-6,12,14-15H,3-4,7-11H2,(H,24,25). The van der Waals surface area contributed by atoms with Gasteiger partial charge < -0.3 is 10.0 Å². The summed E-state index contributed by atoms with van der Waals surface area (Å²) in [5.74, 6) is -1.55. The molecular formula is C19H22F3NO3. The van der Waals surface area contributed by atoms with Crippen molar-refractivity contribution in [2.45, 2.75) is 44.2 Å². The van der Waals surface area contributed by atoms with Gasteiger partial charge in [0.1, 0.15) is 0 Å². The molecule has 1 aliphatic carbocycles. The fourth-order valence-corrected chi connectivity index (χ4v) is 3.95. The van der Waals surface area contributed by atoms with Crippen molar-refractivity contribution in [3.63, 3.8) is 0 Å². The monoisotopic (exact) mass is 369 g/mol. The number of piperidine rings is 1. The van der Waals surface area contributed by atoms with Crippen molar-refractivity contribution < 1.29 is 27.9 Å². The minimum atomic E-state index is -4.42. The molecule has 1 amide bonds. The molecule has 0 radical (unpaired) electrons. The van der Waals surface area contributed by atoms with E-state index in [1.54, 1.807) is 11.0 Å². The molecule has 1 N–H and O–H groups in total. The predicted molar refractivity (Wildman–Crippen MR) is 88.5 cm³/mol. The molecule has 3 rings (SSSR count). The summed E-state index contributed by atoms with van der Waals surface area (Å²) in [5.41, 5.74) is -0.448. The molecule has 1 heterocycles. The zero-order valence-electron chi connectivity index (χ0n) is 14.3. The first-order valence-corrected chi connectivity index (χ1v) is 8.94. The van der Waals surface area contributed by atoms with E-state index in [0.29, 0.717) is 25.9 Å². The maximum Gasteiger partial charge on any atom is 0.416 e. The van der Waals surface area contributed by atoms with Gasteiger partial charge in [0.25, 0.3) is 0 Å². The molecule has 4 nitrogen and oxygen atoms in total. The van der Waals surface area contributed by atoms with Gasteiger partial charge in [-0.2, -0.15) is 13.2 Å². The van der Waals surface area contributed by atoms with Crippen LogP contribution in [-0.2, 0) is 15.8 Å². The quantitative estimate of drug-likeness (QED) is 0.856. The highest BCUT2D eigenvalue weighted by Gasteiger charge is 2.49. The van der Waals surface area contributed by atoms with Crippen molar-refractivity contribution in [1.29, 1.82) is 0 Å². The van der Waals surface area contributed by atoms with Crippen molar-refractivity contribution in [2.75, 3.05) is 13.1 Å². The number of likely N-dealkylation sites (tertiary alicyclic amines) is 1. The molecule has 3 unspecified atom stereocenters. The number of aliphatic carboxylic acids is 1. The summed E-state index contributed by atoms with van der Waals surface area (Å²) in [7, 11) is 0. The first-order chi connectivity index (χ1) is 12.3. The summed E-state index contributed by atoms with van der Waals surface area (Å²) in [4.78, 5) is 25.2. The van der Waals surface area contributed by atoms with Gasteiger partial charge in [-0.15, -0.1) is 0 Å². The van der Waals surface area contributed by atoms with Gasteiger partial charge in [-0.1, -0.05) is 18.2 Å². The van der Waals surface area contributed by atoms with Crippen LogP contribution in [0.3, 0.4) is 0 Å². The van der Waals surface area contributed by atoms with Crippen LogP contribution in [0.5, 0.6) is 0 Å². The fourth-order valence-electron chi connectivity index (χ4n) is 3.95. The Morgan fingerprint density at radius 3 is 2.65 bits per heavy atom. The first-order valence-electron chi connectivity index (χ1n) is 8.94. The highest BCUT2D eigenvalue weighted by atomic mass is 19.4. The molecule has 7 heteroatoms. The van der Waals surface area contributed by atoms with Crippen molar-refractivity contribution >= 4 is 11.9 Å². The highest BCUT2D eigenvalue weighted by Crippen LogP contribution is 2.52. The Kier molecular flexibility index (Phi) is 5.25. The second-order valence-corrected chi connectivity index (χ2v) is 7.26. The van der Waals surface area contributed by atoms with Gasteiger partial charge in [-0.25, -0.2) is 0 Å². The molecule has 1 saturated heterocycles. The summed E-state index contributed by atoms with van der Waals surface area (Å²) in [6, 6.07) is 5.47.